The number of nitrogens with two attached hydrogens (primary N) is 1. The Kier molecular flexibility index (Phi) is 3.52. The molecule has 0 bridgehead atoms. The van der Waals surface area contributed by atoms with Crippen LogP contribution in [0.25, 0.3) is 11.1 Å². The molecule has 0 aromatic heterocycles. The van der Waals surface area contributed by atoms with Crippen LogP contribution in [0.5, 0.6) is 0 Å². The number of para-hydroxylation sites is 1. The largest absolute Gasteiger partial charge is 0.398 e. The Morgan fingerprint density at radius 2 is 1.28 bits per heavy atom. The lowest BCUT2D eigenvalue weighted by Crippen LogP contribution is -1.94. The Balaban J connectivity index is 2.55. The lowest BCUT2D eigenvalue weighted by molar-refractivity contribution is 1.40. The highest BCUT2D eigenvalue weighted by Crippen LogP contribution is 2.30. The summed E-state index contributed by atoms with van der Waals surface area (Å²) < 4.78 is 0. The fourth-order valence-corrected chi connectivity index (χ4v) is 2.24. The van der Waals surface area contributed by atoms with Crippen molar-refractivity contribution in [2.75, 3.05) is 5.73 Å². The van der Waals surface area contributed by atoms with Crippen molar-refractivity contribution in [2.45, 2.75) is 20.8 Å². The molecule has 0 radical (unpaired) electrons. The summed E-state index contributed by atoms with van der Waals surface area (Å²) in [6.45, 7) is 6.43. The molecule has 0 saturated heterocycles. The molecule has 92 valence electrons. The van der Waals surface area contributed by atoms with Crippen LogP contribution in [0.1, 0.15) is 30.5 Å². The van der Waals surface area contributed by atoms with Crippen LogP contribution in [0.2, 0.25) is 0 Å². The zero-order valence-corrected chi connectivity index (χ0v) is 11.2. The van der Waals surface area contributed by atoms with E-state index in [1.165, 1.54) is 22.3 Å². The highest BCUT2D eigenvalue weighted by molar-refractivity contribution is 5.92. The van der Waals surface area contributed by atoms with E-state index in [-0.39, 0.29) is 0 Å². The van der Waals surface area contributed by atoms with Crippen LogP contribution in [-0.2, 0) is 0 Å². The van der Waals surface area contributed by atoms with Crippen molar-refractivity contribution in [2.24, 2.45) is 0 Å². The maximum atomic E-state index is 6.04. The molecule has 2 N–H and O–H groups in total. The Labute approximate surface area is 109 Å². The summed E-state index contributed by atoms with van der Waals surface area (Å²) in [5.74, 6) is 0. The highest BCUT2D eigenvalue weighted by atomic mass is 14.6. The molecule has 0 saturated carbocycles. The van der Waals surface area contributed by atoms with Crippen molar-refractivity contribution in [1.82, 2.24) is 0 Å². The Morgan fingerprint density at radius 1 is 0.778 bits per heavy atom. The van der Waals surface area contributed by atoms with E-state index in [1.807, 2.05) is 18.2 Å². The molecule has 0 fully saturated rings. The monoisotopic (exact) mass is 237 g/mol. The maximum absolute atomic E-state index is 6.04. The minimum Gasteiger partial charge on any atom is -0.398 e. The third-order valence-corrected chi connectivity index (χ3v) is 3.48. The Morgan fingerprint density at radius 3 is 1.89 bits per heavy atom. The fraction of sp³-hybridized carbons (Fsp3) is 0.176. The number of allylic oxidation sites excluding steroid dienone is 2. The molecular formula is C17H19N. The molecule has 0 aliphatic carbocycles. The quantitative estimate of drug-likeness (QED) is 0.602. The first-order valence-corrected chi connectivity index (χ1v) is 6.19. The van der Waals surface area contributed by atoms with E-state index >= 15 is 0 Å². The summed E-state index contributed by atoms with van der Waals surface area (Å²) in [6.07, 6.45) is 0. The van der Waals surface area contributed by atoms with Gasteiger partial charge in [-0.05, 0) is 49.1 Å². The molecule has 2 aromatic rings. The molecule has 2 aromatic carbocycles. The Bertz CT molecular complexity index is 541. The highest BCUT2D eigenvalue weighted by Gasteiger charge is 2.07. The van der Waals surface area contributed by atoms with Crippen LogP contribution in [-0.4, -0.2) is 0 Å². The molecular weight excluding hydrogens is 218 g/mol. The lowest BCUT2D eigenvalue weighted by Gasteiger charge is -2.12. The van der Waals surface area contributed by atoms with Crippen molar-refractivity contribution in [3.05, 3.63) is 65.2 Å². The number of benzene rings is 2. The van der Waals surface area contributed by atoms with Crippen molar-refractivity contribution in [1.29, 1.82) is 0 Å². The van der Waals surface area contributed by atoms with E-state index in [9.17, 15) is 0 Å². The number of aryl methyl sites for hydroxylation is 1. The normalized spacial score (nSPS) is 12.2. The smallest absolute Gasteiger partial charge is 0.0390 e. The first-order valence-electron chi connectivity index (χ1n) is 6.19. The third-order valence-electron chi connectivity index (χ3n) is 3.48. The van der Waals surface area contributed by atoms with Crippen LogP contribution in [0.3, 0.4) is 0 Å². The van der Waals surface area contributed by atoms with Crippen molar-refractivity contribution >= 4 is 16.8 Å². The van der Waals surface area contributed by atoms with Gasteiger partial charge in [-0.2, -0.15) is 0 Å². The third kappa shape index (κ3) is 2.30. The Hall–Kier alpha value is -2.02. The van der Waals surface area contributed by atoms with Gasteiger partial charge in [-0.3, -0.25) is 0 Å². The molecule has 0 unspecified atom stereocenters. The molecule has 0 aliphatic heterocycles. The van der Waals surface area contributed by atoms with Gasteiger partial charge < -0.3 is 5.73 Å². The molecule has 1 heteroatoms. The fourth-order valence-electron chi connectivity index (χ4n) is 2.24. The van der Waals surface area contributed by atoms with Crippen LogP contribution in [0.15, 0.2) is 48.5 Å². The van der Waals surface area contributed by atoms with Gasteiger partial charge in [-0.1, -0.05) is 42.5 Å². The van der Waals surface area contributed by atoms with Crippen molar-refractivity contribution in [3.8, 4) is 0 Å². The van der Waals surface area contributed by atoms with Crippen LogP contribution in [0.4, 0.5) is 5.69 Å². The number of nitrogen functional groups attached to an aromatic ring is 1. The topological polar surface area (TPSA) is 26.0 Å². The predicted molar refractivity (Wildman–Crippen MR) is 80.2 cm³/mol. The number of hydrogen-bond acceptors (Lipinski definition) is 1. The van der Waals surface area contributed by atoms with Crippen LogP contribution >= 0.6 is 0 Å². The van der Waals surface area contributed by atoms with Crippen molar-refractivity contribution in [3.63, 3.8) is 0 Å². The number of anilines is 1. The molecule has 0 atom stereocenters. The van der Waals surface area contributed by atoms with Gasteiger partial charge in [0.25, 0.3) is 0 Å². The lowest BCUT2D eigenvalue weighted by atomic mass is 9.93. The zero-order chi connectivity index (χ0) is 13.1. The summed E-state index contributed by atoms with van der Waals surface area (Å²) in [5, 5.41) is 0. The van der Waals surface area contributed by atoms with E-state index in [4.69, 9.17) is 5.73 Å². The van der Waals surface area contributed by atoms with Gasteiger partial charge >= 0.3 is 0 Å². The summed E-state index contributed by atoms with van der Waals surface area (Å²) in [6, 6.07) is 16.5. The summed E-state index contributed by atoms with van der Waals surface area (Å²) in [7, 11) is 0. The molecule has 0 aliphatic rings. The SMILES string of the molecule is C/C(=C(/C)c1ccccc1N)c1ccccc1C. The second kappa shape index (κ2) is 5.09. The van der Waals surface area contributed by atoms with E-state index in [2.05, 4.69) is 51.1 Å². The number of hydrogen-bond donors (Lipinski definition) is 1. The van der Waals surface area contributed by atoms with Crippen LogP contribution in [0, 0.1) is 6.92 Å². The average molecular weight is 237 g/mol. The van der Waals surface area contributed by atoms with Gasteiger partial charge in [0.15, 0.2) is 0 Å². The maximum Gasteiger partial charge on any atom is 0.0390 e. The van der Waals surface area contributed by atoms with Gasteiger partial charge in [0.05, 0.1) is 0 Å². The van der Waals surface area contributed by atoms with Crippen LogP contribution < -0.4 is 5.73 Å². The first kappa shape index (κ1) is 12.4. The molecule has 2 rings (SSSR count). The minimum atomic E-state index is 0.836. The van der Waals surface area contributed by atoms with Gasteiger partial charge in [0, 0.05) is 11.3 Å². The van der Waals surface area contributed by atoms with E-state index in [1.54, 1.807) is 0 Å². The first-order chi connectivity index (χ1) is 8.61. The molecule has 0 spiro atoms. The number of rotatable bonds is 2. The predicted octanol–water partition coefficient (Wildman–Crippen LogP) is 4.53. The van der Waals surface area contributed by atoms with Gasteiger partial charge in [-0.25, -0.2) is 0 Å². The van der Waals surface area contributed by atoms with Gasteiger partial charge in [0.2, 0.25) is 0 Å². The van der Waals surface area contributed by atoms with Crippen molar-refractivity contribution < 1.29 is 0 Å². The molecule has 0 amide bonds. The second-order valence-electron chi connectivity index (χ2n) is 4.65. The standard InChI is InChI=1S/C17H19N/c1-12-8-4-5-9-15(12)13(2)14(3)16-10-6-7-11-17(16)18/h4-11H,18H2,1-3H3/b14-13+. The zero-order valence-electron chi connectivity index (χ0n) is 11.2. The molecule has 0 heterocycles. The summed E-state index contributed by atoms with van der Waals surface area (Å²) in [4.78, 5) is 0. The van der Waals surface area contributed by atoms with E-state index < -0.39 is 0 Å². The second-order valence-corrected chi connectivity index (χ2v) is 4.65. The van der Waals surface area contributed by atoms with E-state index in [0.717, 1.165) is 11.3 Å². The van der Waals surface area contributed by atoms with Gasteiger partial charge in [0.1, 0.15) is 0 Å². The minimum absolute atomic E-state index is 0.836. The van der Waals surface area contributed by atoms with E-state index in [0.29, 0.717) is 0 Å². The summed E-state index contributed by atoms with van der Waals surface area (Å²) in [5.41, 5.74) is 13.1. The average Bonchev–Trinajstić information content (AvgIpc) is 2.38. The molecule has 18 heavy (non-hydrogen) atoms. The van der Waals surface area contributed by atoms with Gasteiger partial charge in [-0.15, -0.1) is 0 Å². The molecule has 1 nitrogen and oxygen atoms in total. The summed E-state index contributed by atoms with van der Waals surface area (Å²) >= 11 is 0.